The zero-order chi connectivity index (χ0) is 8.53. The van der Waals surface area contributed by atoms with Crippen LogP contribution in [0.1, 0.15) is 26.2 Å². The van der Waals surface area contributed by atoms with E-state index in [0.29, 0.717) is 5.33 Å². The van der Waals surface area contributed by atoms with E-state index >= 15 is 0 Å². The van der Waals surface area contributed by atoms with Crippen molar-refractivity contribution < 1.29 is 5.11 Å². The summed E-state index contributed by atoms with van der Waals surface area (Å²) in [6, 6.07) is 0. The van der Waals surface area contributed by atoms with Crippen molar-refractivity contribution in [2.24, 2.45) is 0 Å². The third-order valence-electron chi connectivity index (χ3n) is 1.38. The van der Waals surface area contributed by atoms with E-state index in [1.54, 1.807) is 0 Å². The smallest absolute Gasteiger partial charge is 0.0727 e. The van der Waals surface area contributed by atoms with Gasteiger partial charge in [-0.25, -0.2) is 0 Å². The van der Waals surface area contributed by atoms with Crippen molar-refractivity contribution in [1.82, 2.24) is 0 Å². The molecule has 0 aromatic carbocycles. The minimum Gasteiger partial charge on any atom is -0.391 e. The van der Waals surface area contributed by atoms with Gasteiger partial charge in [-0.05, 0) is 12.2 Å². The summed E-state index contributed by atoms with van der Waals surface area (Å²) in [4.78, 5) is 0. The highest BCUT2D eigenvalue weighted by Gasteiger charge is 1.99. The van der Waals surface area contributed by atoms with Crippen LogP contribution in [0.15, 0.2) is 0 Å². The van der Waals surface area contributed by atoms with Crippen LogP contribution in [-0.2, 0) is 0 Å². The molecule has 0 amide bonds. The summed E-state index contributed by atoms with van der Waals surface area (Å²) in [6.07, 6.45) is 3.72. The maximum atomic E-state index is 9.15. The molecule has 0 saturated carbocycles. The Hall–Kier alpha value is 0.790. The Kier molecular flexibility index (Phi) is 9.52. The molecule has 11 heavy (non-hydrogen) atoms. The van der Waals surface area contributed by atoms with Gasteiger partial charge in [-0.1, -0.05) is 35.7 Å². The fraction of sp³-hybridized carbons (Fsp3) is 1.00. The lowest BCUT2D eigenvalue weighted by Gasteiger charge is -2.05. The summed E-state index contributed by atoms with van der Waals surface area (Å²) in [6.45, 7) is 2.21. The summed E-state index contributed by atoms with van der Waals surface area (Å²) in [5.74, 6) is 2.06. The molecule has 0 aliphatic heterocycles. The van der Waals surface area contributed by atoms with E-state index < -0.39 is 0 Å². The predicted molar refractivity (Wildman–Crippen MR) is 56.7 cm³/mol. The monoisotopic (exact) mass is 240 g/mol. The molecule has 0 saturated heterocycles. The molecular weight excluding hydrogens is 224 g/mol. The average Bonchev–Trinajstić information content (AvgIpc) is 2.04. The van der Waals surface area contributed by atoms with Gasteiger partial charge in [0, 0.05) is 11.1 Å². The van der Waals surface area contributed by atoms with Crippen molar-refractivity contribution >= 4 is 27.7 Å². The molecule has 0 aromatic rings. The van der Waals surface area contributed by atoms with Crippen LogP contribution in [0, 0.1) is 0 Å². The third kappa shape index (κ3) is 8.70. The largest absolute Gasteiger partial charge is 0.391 e. The Morgan fingerprint density at radius 3 is 2.73 bits per heavy atom. The number of rotatable bonds is 7. The molecule has 0 fully saturated rings. The molecule has 0 radical (unpaired) electrons. The normalized spacial score (nSPS) is 13.4. The maximum absolute atomic E-state index is 9.15. The molecule has 1 atom stereocenters. The molecule has 0 aromatic heterocycles. The molecule has 0 heterocycles. The first-order chi connectivity index (χ1) is 5.31. The molecule has 68 valence electrons. The Balaban J connectivity index is 2.89. The quantitative estimate of drug-likeness (QED) is 0.546. The van der Waals surface area contributed by atoms with E-state index in [-0.39, 0.29) is 6.10 Å². The van der Waals surface area contributed by atoms with Gasteiger partial charge in [-0.3, -0.25) is 0 Å². The van der Waals surface area contributed by atoms with Crippen LogP contribution in [0.4, 0.5) is 0 Å². The van der Waals surface area contributed by atoms with Crippen LogP contribution in [0.5, 0.6) is 0 Å². The molecular formula is C8H17BrOS. The Bertz CT molecular complexity index is 80.5. The number of aliphatic hydroxyl groups excluding tert-OH is 1. The van der Waals surface area contributed by atoms with Gasteiger partial charge in [0.25, 0.3) is 0 Å². The van der Waals surface area contributed by atoms with Crippen molar-refractivity contribution in [3.63, 3.8) is 0 Å². The van der Waals surface area contributed by atoms with E-state index in [2.05, 4.69) is 22.9 Å². The van der Waals surface area contributed by atoms with Gasteiger partial charge in [0.05, 0.1) is 6.10 Å². The maximum Gasteiger partial charge on any atom is 0.0727 e. The SMILES string of the molecule is CCCCCSCC(O)CBr. The molecule has 0 rings (SSSR count). The van der Waals surface area contributed by atoms with Crippen LogP contribution in [0.2, 0.25) is 0 Å². The Labute approximate surface area is 82.1 Å². The van der Waals surface area contributed by atoms with Crippen LogP contribution in [-0.4, -0.2) is 28.0 Å². The highest BCUT2D eigenvalue weighted by atomic mass is 79.9. The minimum absolute atomic E-state index is 0.165. The second-order valence-electron chi connectivity index (χ2n) is 2.59. The minimum atomic E-state index is -0.165. The van der Waals surface area contributed by atoms with Gasteiger partial charge in [-0.15, -0.1) is 0 Å². The van der Waals surface area contributed by atoms with E-state index in [1.807, 2.05) is 11.8 Å². The lowest BCUT2D eigenvalue weighted by Crippen LogP contribution is -2.11. The predicted octanol–water partition coefficient (Wildman–Crippen LogP) is 2.67. The summed E-state index contributed by atoms with van der Waals surface area (Å²) in [7, 11) is 0. The summed E-state index contributed by atoms with van der Waals surface area (Å²) in [5.41, 5.74) is 0. The van der Waals surface area contributed by atoms with Gasteiger partial charge in [-0.2, -0.15) is 11.8 Å². The molecule has 1 nitrogen and oxygen atoms in total. The number of hydrogen-bond donors (Lipinski definition) is 1. The first-order valence-corrected chi connectivity index (χ1v) is 6.40. The van der Waals surface area contributed by atoms with E-state index in [1.165, 1.54) is 25.0 Å². The van der Waals surface area contributed by atoms with Crippen LogP contribution >= 0.6 is 27.7 Å². The van der Waals surface area contributed by atoms with E-state index in [9.17, 15) is 0 Å². The average molecular weight is 241 g/mol. The fourth-order valence-electron chi connectivity index (χ4n) is 0.718. The molecule has 1 unspecified atom stereocenters. The number of thioether (sulfide) groups is 1. The molecule has 3 heteroatoms. The number of aliphatic hydroxyl groups is 1. The lowest BCUT2D eigenvalue weighted by molar-refractivity contribution is 0.226. The number of unbranched alkanes of at least 4 members (excludes halogenated alkanes) is 2. The van der Waals surface area contributed by atoms with Crippen molar-refractivity contribution in [1.29, 1.82) is 0 Å². The van der Waals surface area contributed by atoms with Crippen molar-refractivity contribution in [3.8, 4) is 0 Å². The summed E-state index contributed by atoms with van der Waals surface area (Å²) in [5, 5.41) is 9.85. The zero-order valence-electron chi connectivity index (χ0n) is 7.05. The van der Waals surface area contributed by atoms with E-state index in [4.69, 9.17) is 5.11 Å². The summed E-state index contributed by atoms with van der Waals surface area (Å²) < 4.78 is 0. The first-order valence-electron chi connectivity index (χ1n) is 4.13. The van der Waals surface area contributed by atoms with Crippen molar-refractivity contribution in [3.05, 3.63) is 0 Å². The van der Waals surface area contributed by atoms with Crippen molar-refractivity contribution in [2.45, 2.75) is 32.3 Å². The van der Waals surface area contributed by atoms with Gasteiger partial charge < -0.3 is 5.11 Å². The van der Waals surface area contributed by atoms with Crippen LogP contribution in [0.3, 0.4) is 0 Å². The Morgan fingerprint density at radius 2 is 2.18 bits per heavy atom. The number of halogens is 1. The van der Waals surface area contributed by atoms with Crippen LogP contribution in [0.25, 0.3) is 0 Å². The molecule has 0 aliphatic rings. The van der Waals surface area contributed by atoms with Gasteiger partial charge in [0.15, 0.2) is 0 Å². The highest BCUT2D eigenvalue weighted by molar-refractivity contribution is 9.09. The standard InChI is InChI=1S/C8H17BrOS/c1-2-3-4-5-11-7-8(10)6-9/h8,10H,2-7H2,1H3. The zero-order valence-corrected chi connectivity index (χ0v) is 9.46. The van der Waals surface area contributed by atoms with Crippen LogP contribution < -0.4 is 0 Å². The number of hydrogen-bond acceptors (Lipinski definition) is 2. The number of alkyl halides is 1. The van der Waals surface area contributed by atoms with Gasteiger partial charge in [0.2, 0.25) is 0 Å². The molecule has 0 bridgehead atoms. The van der Waals surface area contributed by atoms with E-state index in [0.717, 1.165) is 5.75 Å². The molecule has 0 aliphatic carbocycles. The molecule has 1 N–H and O–H groups in total. The fourth-order valence-corrected chi connectivity index (χ4v) is 2.21. The second kappa shape index (κ2) is 8.88. The Morgan fingerprint density at radius 1 is 1.45 bits per heavy atom. The first kappa shape index (κ1) is 11.8. The summed E-state index contributed by atoms with van der Waals surface area (Å²) >= 11 is 5.08. The lowest BCUT2D eigenvalue weighted by atomic mass is 10.3. The molecule has 0 spiro atoms. The highest BCUT2D eigenvalue weighted by Crippen LogP contribution is 2.08. The topological polar surface area (TPSA) is 20.2 Å². The third-order valence-corrected chi connectivity index (χ3v) is 3.33. The van der Waals surface area contributed by atoms with Gasteiger partial charge in [0.1, 0.15) is 0 Å². The van der Waals surface area contributed by atoms with Crippen molar-refractivity contribution in [2.75, 3.05) is 16.8 Å². The second-order valence-corrected chi connectivity index (χ2v) is 4.39. The van der Waals surface area contributed by atoms with Gasteiger partial charge >= 0.3 is 0 Å².